The first-order valence-electron chi connectivity index (χ1n) is 8.32. The predicted octanol–water partition coefficient (Wildman–Crippen LogP) is 4.69. The third-order valence-corrected chi connectivity index (χ3v) is 4.03. The van der Waals surface area contributed by atoms with E-state index in [1.54, 1.807) is 56.4 Å². The highest BCUT2D eigenvalue weighted by atomic mass is 19.1. The first kappa shape index (κ1) is 18.3. The Labute approximate surface area is 156 Å². The van der Waals surface area contributed by atoms with Crippen LogP contribution < -0.4 is 15.0 Å². The molecule has 0 fully saturated rings. The molecule has 1 aromatic heterocycles. The summed E-state index contributed by atoms with van der Waals surface area (Å²) in [6.07, 6.45) is 0. The second-order valence-electron chi connectivity index (χ2n) is 6.01. The van der Waals surface area contributed by atoms with E-state index < -0.39 is 0 Å². The van der Waals surface area contributed by atoms with E-state index in [4.69, 9.17) is 4.74 Å². The van der Waals surface area contributed by atoms with Crippen LogP contribution in [0, 0.1) is 19.7 Å². The number of carbonyl (C=O) groups is 1. The molecule has 0 bridgehead atoms. The van der Waals surface area contributed by atoms with E-state index in [-0.39, 0.29) is 11.8 Å². The number of benzene rings is 2. The third kappa shape index (κ3) is 4.38. The van der Waals surface area contributed by atoms with Crippen molar-refractivity contribution >= 4 is 17.4 Å². The molecule has 0 spiro atoms. The molecule has 0 radical (unpaired) electrons. The minimum atomic E-state index is -0.373. The van der Waals surface area contributed by atoms with Gasteiger partial charge in [0, 0.05) is 30.1 Å². The molecule has 1 heterocycles. The van der Waals surface area contributed by atoms with Crippen molar-refractivity contribution in [2.45, 2.75) is 13.8 Å². The summed E-state index contributed by atoms with van der Waals surface area (Å²) in [5.74, 6) is 0.601. The molecule has 3 rings (SSSR count). The van der Waals surface area contributed by atoms with Crippen LogP contribution in [-0.2, 0) is 0 Å². The number of nitrogens with one attached hydrogen (secondary N) is 1. The SMILES string of the molecule is Cc1ccc(Oc2ccc(N(C)C(=O)Nc3cccc(F)c3C)cc2)nn1. The zero-order valence-electron chi connectivity index (χ0n) is 15.2. The molecule has 138 valence electrons. The number of rotatable bonds is 4. The molecule has 0 aliphatic heterocycles. The lowest BCUT2D eigenvalue weighted by atomic mass is 10.2. The van der Waals surface area contributed by atoms with Gasteiger partial charge >= 0.3 is 6.03 Å². The largest absolute Gasteiger partial charge is 0.438 e. The van der Waals surface area contributed by atoms with Crippen LogP contribution >= 0.6 is 0 Å². The summed E-state index contributed by atoms with van der Waals surface area (Å²) in [5, 5.41) is 10.6. The van der Waals surface area contributed by atoms with Gasteiger partial charge in [-0.05, 0) is 56.3 Å². The molecule has 0 aliphatic carbocycles. The molecule has 2 amide bonds. The van der Waals surface area contributed by atoms with Crippen LogP contribution in [0.2, 0.25) is 0 Å². The van der Waals surface area contributed by atoms with Gasteiger partial charge in [-0.2, -0.15) is 5.10 Å². The Balaban J connectivity index is 1.67. The Kier molecular flexibility index (Phi) is 5.30. The summed E-state index contributed by atoms with van der Waals surface area (Å²) in [4.78, 5) is 13.9. The molecule has 3 aromatic rings. The number of urea groups is 1. The highest BCUT2D eigenvalue weighted by Gasteiger charge is 2.13. The van der Waals surface area contributed by atoms with Gasteiger partial charge in [0.1, 0.15) is 11.6 Å². The molecule has 0 aliphatic rings. The fraction of sp³-hybridized carbons (Fsp3) is 0.150. The Bertz CT molecular complexity index is 943. The Hall–Kier alpha value is -3.48. The number of hydrogen-bond acceptors (Lipinski definition) is 4. The maximum absolute atomic E-state index is 13.6. The summed E-state index contributed by atoms with van der Waals surface area (Å²) in [7, 11) is 1.63. The fourth-order valence-electron chi connectivity index (χ4n) is 2.36. The van der Waals surface area contributed by atoms with E-state index in [1.807, 2.05) is 13.0 Å². The topological polar surface area (TPSA) is 67.3 Å². The number of nitrogens with zero attached hydrogens (tertiary/aromatic N) is 3. The van der Waals surface area contributed by atoms with Crippen LogP contribution in [0.4, 0.5) is 20.6 Å². The van der Waals surface area contributed by atoms with Gasteiger partial charge in [-0.3, -0.25) is 4.90 Å². The molecule has 0 saturated carbocycles. The summed E-state index contributed by atoms with van der Waals surface area (Å²) >= 11 is 0. The van der Waals surface area contributed by atoms with Crippen LogP contribution in [0.1, 0.15) is 11.3 Å². The zero-order chi connectivity index (χ0) is 19.4. The molecule has 0 atom stereocenters. The van der Waals surface area contributed by atoms with Crippen LogP contribution in [0.3, 0.4) is 0 Å². The van der Waals surface area contributed by atoms with Crippen molar-refractivity contribution in [1.82, 2.24) is 10.2 Å². The van der Waals surface area contributed by atoms with Crippen LogP contribution in [0.5, 0.6) is 11.6 Å². The van der Waals surface area contributed by atoms with Gasteiger partial charge in [-0.1, -0.05) is 6.07 Å². The van der Waals surface area contributed by atoms with Crippen molar-refractivity contribution in [3.05, 3.63) is 71.7 Å². The van der Waals surface area contributed by atoms with Gasteiger partial charge < -0.3 is 10.1 Å². The van der Waals surface area contributed by atoms with Crippen molar-refractivity contribution in [2.75, 3.05) is 17.3 Å². The molecule has 0 unspecified atom stereocenters. The van der Waals surface area contributed by atoms with Gasteiger partial charge in [0.25, 0.3) is 0 Å². The number of aryl methyl sites for hydroxylation is 1. The maximum atomic E-state index is 13.6. The standard InChI is InChI=1S/C20H19FN4O2/c1-13-7-12-19(24-23-13)27-16-10-8-15(9-11-16)25(3)20(26)22-18-6-4-5-17(21)14(18)2/h4-12H,1-3H3,(H,22,26). The Morgan fingerprint density at radius 1 is 1.04 bits per heavy atom. The zero-order valence-corrected chi connectivity index (χ0v) is 15.2. The first-order valence-corrected chi connectivity index (χ1v) is 8.32. The first-order chi connectivity index (χ1) is 12.9. The van der Waals surface area contributed by atoms with Crippen LogP contribution in [0.15, 0.2) is 54.6 Å². The average molecular weight is 366 g/mol. The number of hydrogen-bond donors (Lipinski definition) is 1. The molecular formula is C20H19FN4O2. The summed E-state index contributed by atoms with van der Waals surface area (Å²) in [5.41, 5.74) is 2.29. The van der Waals surface area contributed by atoms with Crippen molar-refractivity contribution < 1.29 is 13.9 Å². The van der Waals surface area contributed by atoms with Gasteiger partial charge in [0.15, 0.2) is 0 Å². The minimum Gasteiger partial charge on any atom is -0.438 e. The smallest absolute Gasteiger partial charge is 0.326 e. The quantitative estimate of drug-likeness (QED) is 0.727. The van der Waals surface area contributed by atoms with E-state index in [0.29, 0.717) is 28.6 Å². The lowest BCUT2D eigenvalue weighted by molar-refractivity contribution is 0.258. The van der Waals surface area contributed by atoms with E-state index in [0.717, 1.165) is 5.69 Å². The maximum Gasteiger partial charge on any atom is 0.326 e. The van der Waals surface area contributed by atoms with Crippen molar-refractivity contribution in [1.29, 1.82) is 0 Å². The summed E-state index contributed by atoms with van der Waals surface area (Å²) in [6, 6.07) is 14.7. The molecule has 6 nitrogen and oxygen atoms in total. The van der Waals surface area contributed by atoms with Gasteiger partial charge in [0.2, 0.25) is 5.88 Å². The third-order valence-electron chi connectivity index (χ3n) is 4.03. The number of aromatic nitrogens is 2. The monoisotopic (exact) mass is 366 g/mol. The molecule has 7 heteroatoms. The highest BCUT2D eigenvalue weighted by molar-refractivity contribution is 6.01. The Morgan fingerprint density at radius 2 is 1.78 bits per heavy atom. The lowest BCUT2D eigenvalue weighted by Crippen LogP contribution is -2.31. The van der Waals surface area contributed by atoms with Gasteiger partial charge in [-0.25, -0.2) is 9.18 Å². The normalized spacial score (nSPS) is 10.4. The van der Waals surface area contributed by atoms with E-state index in [1.165, 1.54) is 11.0 Å². The molecule has 1 N–H and O–H groups in total. The van der Waals surface area contributed by atoms with Crippen molar-refractivity contribution in [2.24, 2.45) is 0 Å². The van der Waals surface area contributed by atoms with Crippen molar-refractivity contribution in [3.8, 4) is 11.6 Å². The van der Waals surface area contributed by atoms with E-state index >= 15 is 0 Å². The second-order valence-corrected chi connectivity index (χ2v) is 6.01. The van der Waals surface area contributed by atoms with Crippen LogP contribution in [0.25, 0.3) is 0 Å². The molecule has 27 heavy (non-hydrogen) atoms. The number of amides is 2. The summed E-state index contributed by atoms with van der Waals surface area (Å²) < 4.78 is 19.2. The van der Waals surface area contributed by atoms with Crippen molar-refractivity contribution in [3.63, 3.8) is 0 Å². The number of halogens is 1. The molecule has 0 saturated heterocycles. The summed E-state index contributed by atoms with van der Waals surface area (Å²) in [6.45, 7) is 3.46. The number of anilines is 2. The fourth-order valence-corrected chi connectivity index (χ4v) is 2.36. The second kappa shape index (κ2) is 7.82. The lowest BCUT2D eigenvalue weighted by Gasteiger charge is -2.19. The average Bonchev–Trinajstić information content (AvgIpc) is 2.67. The number of ether oxygens (including phenoxy) is 1. The van der Waals surface area contributed by atoms with E-state index in [2.05, 4.69) is 15.5 Å². The predicted molar refractivity (Wildman–Crippen MR) is 102 cm³/mol. The van der Waals surface area contributed by atoms with Gasteiger partial charge in [0.05, 0.1) is 5.69 Å². The van der Waals surface area contributed by atoms with E-state index in [9.17, 15) is 9.18 Å². The minimum absolute atomic E-state index is 0.365. The highest BCUT2D eigenvalue weighted by Crippen LogP contribution is 2.24. The Morgan fingerprint density at radius 3 is 2.44 bits per heavy atom. The molecular weight excluding hydrogens is 347 g/mol. The van der Waals surface area contributed by atoms with Crippen LogP contribution in [-0.4, -0.2) is 23.3 Å². The number of carbonyl (C=O) groups excluding carboxylic acids is 1. The molecule has 2 aromatic carbocycles. The van der Waals surface area contributed by atoms with Gasteiger partial charge in [-0.15, -0.1) is 5.10 Å².